The number of primary amides is 1. The van der Waals surface area contributed by atoms with E-state index in [1.807, 2.05) is 26.0 Å². The zero-order chi connectivity index (χ0) is 17.6. The van der Waals surface area contributed by atoms with Crippen LogP contribution in [0.4, 0.5) is 4.39 Å². The van der Waals surface area contributed by atoms with E-state index in [1.54, 1.807) is 4.90 Å². The molecule has 0 fully saturated rings. The maximum Gasteiger partial charge on any atom is 0.249 e. The lowest BCUT2D eigenvalue weighted by Gasteiger charge is -2.27. The lowest BCUT2D eigenvalue weighted by molar-refractivity contribution is -0.126. The van der Waals surface area contributed by atoms with Crippen LogP contribution in [-0.4, -0.2) is 23.3 Å². The second kappa shape index (κ2) is 5.74. The van der Waals surface area contributed by atoms with Crippen molar-refractivity contribution in [2.45, 2.75) is 26.3 Å². The molecule has 5 heteroatoms. The summed E-state index contributed by atoms with van der Waals surface area (Å²) < 4.78 is 14.9. The fourth-order valence-electron chi connectivity index (χ4n) is 3.56. The molecule has 0 saturated heterocycles. The van der Waals surface area contributed by atoms with Crippen molar-refractivity contribution in [2.75, 3.05) is 6.54 Å². The van der Waals surface area contributed by atoms with Gasteiger partial charge < -0.3 is 10.6 Å². The highest BCUT2D eigenvalue weighted by Crippen LogP contribution is 2.43. The molecule has 2 aliphatic rings. The second-order valence-corrected chi connectivity index (χ2v) is 6.19. The quantitative estimate of drug-likeness (QED) is 0.686. The summed E-state index contributed by atoms with van der Waals surface area (Å²) in [6.07, 6.45) is 5.44. The first-order valence-corrected chi connectivity index (χ1v) is 7.78. The molecule has 4 nitrogen and oxygen atoms in total. The minimum atomic E-state index is -0.639. The number of carbonyl (C=O) groups is 2. The van der Waals surface area contributed by atoms with Crippen molar-refractivity contribution in [3.8, 4) is 0 Å². The first-order valence-electron chi connectivity index (χ1n) is 7.78. The molecule has 0 bridgehead atoms. The molecule has 124 valence electrons. The van der Waals surface area contributed by atoms with Gasteiger partial charge >= 0.3 is 0 Å². The monoisotopic (exact) mass is 326 g/mol. The van der Waals surface area contributed by atoms with E-state index in [1.165, 1.54) is 12.1 Å². The number of benzene rings is 1. The van der Waals surface area contributed by atoms with Gasteiger partial charge in [-0.15, -0.1) is 0 Å². The van der Waals surface area contributed by atoms with Gasteiger partial charge in [0.25, 0.3) is 0 Å². The number of halogens is 1. The predicted molar refractivity (Wildman–Crippen MR) is 90.7 cm³/mol. The smallest absolute Gasteiger partial charge is 0.249 e. The molecular formula is C19H19FN2O2. The summed E-state index contributed by atoms with van der Waals surface area (Å²) in [5, 5.41) is 0. The van der Waals surface area contributed by atoms with Crippen molar-refractivity contribution in [1.82, 2.24) is 4.90 Å². The van der Waals surface area contributed by atoms with Crippen LogP contribution in [0.1, 0.15) is 46.9 Å². The van der Waals surface area contributed by atoms with Crippen molar-refractivity contribution < 1.29 is 14.0 Å². The average molecular weight is 326 g/mol. The Morgan fingerprint density at radius 3 is 2.75 bits per heavy atom. The molecule has 1 aromatic rings. The normalized spacial score (nSPS) is 19.0. The number of amides is 2. The van der Waals surface area contributed by atoms with Crippen LogP contribution in [-0.2, 0) is 11.2 Å². The van der Waals surface area contributed by atoms with E-state index >= 15 is 0 Å². The van der Waals surface area contributed by atoms with Crippen molar-refractivity contribution in [3.63, 3.8) is 0 Å². The van der Waals surface area contributed by atoms with Gasteiger partial charge in [0.15, 0.2) is 0 Å². The van der Waals surface area contributed by atoms with Crippen LogP contribution >= 0.6 is 0 Å². The molecule has 3 rings (SSSR count). The van der Waals surface area contributed by atoms with Crippen molar-refractivity contribution in [1.29, 1.82) is 0 Å². The van der Waals surface area contributed by atoms with Crippen molar-refractivity contribution in [3.05, 3.63) is 64.5 Å². The largest absolute Gasteiger partial charge is 0.366 e. The number of nitrogens with zero attached hydrogens (tertiary/aromatic N) is 1. The Kier molecular flexibility index (Phi) is 3.87. The molecule has 1 aliphatic carbocycles. The first-order chi connectivity index (χ1) is 11.4. The molecule has 24 heavy (non-hydrogen) atoms. The van der Waals surface area contributed by atoms with Crippen LogP contribution in [0, 0.1) is 5.82 Å². The minimum absolute atomic E-state index is 0.214. The summed E-state index contributed by atoms with van der Waals surface area (Å²) in [6, 6.07) is 0.692. The Hall–Kier alpha value is -2.69. The third-order valence-electron chi connectivity index (χ3n) is 4.86. The van der Waals surface area contributed by atoms with E-state index in [9.17, 15) is 14.0 Å². The van der Waals surface area contributed by atoms with Gasteiger partial charge in [0.05, 0.1) is 6.04 Å². The Labute approximate surface area is 140 Å². The zero-order valence-electron chi connectivity index (χ0n) is 13.7. The van der Waals surface area contributed by atoms with E-state index in [2.05, 4.69) is 6.58 Å². The number of hydrogen-bond acceptors (Lipinski definition) is 2. The van der Waals surface area contributed by atoms with Gasteiger partial charge in [-0.3, -0.25) is 9.59 Å². The fraction of sp³-hybridized carbons (Fsp3) is 0.263. The van der Waals surface area contributed by atoms with Crippen LogP contribution in [0.15, 0.2) is 36.4 Å². The molecular weight excluding hydrogens is 307 g/mol. The van der Waals surface area contributed by atoms with Gasteiger partial charge in [-0.1, -0.05) is 24.3 Å². The van der Waals surface area contributed by atoms with Gasteiger partial charge in [-0.25, -0.2) is 4.39 Å². The van der Waals surface area contributed by atoms with Gasteiger partial charge in [0.1, 0.15) is 5.82 Å². The van der Waals surface area contributed by atoms with Crippen LogP contribution in [0.3, 0.4) is 0 Å². The third kappa shape index (κ3) is 2.28. The summed E-state index contributed by atoms with van der Waals surface area (Å²) in [5.74, 6) is -1.41. The van der Waals surface area contributed by atoms with Crippen molar-refractivity contribution >= 4 is 17.4 Å². The predicted octanol–water partition coefficient (Wildman–Crippen LogP) is 2.90. The summed E-state index contributed by atoms with van der Waals surface area (Å²) >= 11 is 0. The molecule has 2 amide bonds. The molecule has 1 unspecified atom stereocenters. The standard InChI is InChI=1S/C19H19FN2O2/c1-4-16(23)22-7-5-6-15(22)18-14(20)9-13(19(21)24)12-8-10(2)11(3)17(12)18/h4-6,9,15H,1,7-8H2,2-3H3,(H2,21,24). The Bertz CT molecular complexity index is 836. The van der Waals surface area contributed by atoms with Crippen LogP contribution in [0.5, 0.6) is 0 Å². The van der Waals surface area contributed by atoms with Gasteiger partial charge in [0, 0.05) is 17.7 Å². The highest BCUT2D eigenvalue weighted by Gasteiger charge is 2.34. The van der Waals surface area contributed by atoms with E-state index in [4.69, 9.17) is 5.73 Å². The first kappa shape index (κ1) is 16.2. The van der Waals surface area contributed by atoms with Gasteiger partial charge in [-0.2, -0.15) is 0 Å². The highest BCUT2D eigenvalue weighted by molar-refractivity contribution is 5.98. The summed E-state index contributed by atoms with van der Waals surface area (Å²) in [7, 11) is 0. The number of carbonyl (C=O) groups excluding carboxylic acids is 2. The molecule has 0 aromatic heterocycles. The van der Waals surface area contributed by atoms with E-state index < -0.39 is 17.8 Å². The average Bonchev–Trinajstić information content (AvgIpc) is 3.12. The summed E-state index contributed by atoms with van der Waals surface area (Å²) in [5.41, 5.74) is 9.54. The summed E-state index contributed by atoms with van der Waals surface area (Å²) in [4.78, 5) is 25.4. The maximum atomic E-state index is 14.9. The topological polar surface area (TPSA) is 63.4 Å². The molecule has 2 N–H and O–H groups in total. The maximum absolute atomic E-state index is 14.9. The molecule has 0 spiro atoms. The van der Waals surface area contributed by atoms with Gasteiger partial charge in [-0.05, 0) is 49.1 Å². The molecule has 1 aromatic carbocycles. The second-order valence-electron chi connectivity index (χ2n) is 6.19. The van der Waals surface area contributed by atoms with Crippen molar-refractivity contribution in [2.24, 2.45) is 5.73 Å². The number of rotatable bonds is 3. The van der Waals surface area contributed by atoms with Crippen LogP contribution < -0.4 is 5.73 Å². The van der Waals surface area contributed by atoms with Crippen LogP contribution in [0.2, 0.25) is 0 Å². The zero-order valence-corrected chi connectivity index (χ0v) is 13.7. The number of hydrogen-bond donors (Lipinski definition) is 1. The SMILES string of the molecule is C=CC(=O)N1CC=CC1c1c(F)cc(C(N)=O)c2c1C(C)=C(C)C2. The lowest BCUT2D eigenvalue weighted by atomic mass is 9.90. The van der Waals surface area contributed by atoms with Crippen LogP contribution in [0.25, 0.3) is 5.57 Å². The highest BCUT2D eigenvalue weighted by atomic mass is 19.1. The molecule has 1 aliphatic heterocycles. The Morgan fingerprint density at radius 2 is 2.12 bits per heavy atom. The number of allylic oxidation sites excluding steroid dienone is 2. The minimum Gasteiger partial charge on any atom is -0.366 e. The molecule has 1 atom stereocenters. The van der Waals surface area contributed by atoms with E-state index in [0.29, 0.717) is 24.1 Å². The molecule has 0 radical (unpaired) electrons. The summed E-state index contributed by atoms with van der Waals surface area (Å²) in [6.45, 7) is 7.78. The Balaban J connectivity index is 2.25. The molecule has 1 heterocycles. The Morgan fingerprint density at radius 1 is 1.42 bits per heavy atom. The fourth-order valence-corrected chi connectivity index (χ4v) is 3.56. The number of nitrogens with two attached hydrogens (primary N) is 1. The number of fused-ring (bicyclic) bond motifs is 1. The lowest BCUT2D eigenvalue weighted by Crippen LogP contribution is -2.31. The van der Waals surface area contributed by atoms with E-state index in [0.717, 1.165) is 16.7 Å². The van der Waals surface area contributed by atoms with E-state index in [-0.39, 0.29) is 11.5 Å². The molecule has 0 saturated carbocycles. The van der Waals surface area contributed by atoms with Gasteiger partial charge in [0.2, 0.25) is 11.8 Å². The third-order valence-corrected chi connectivity index (χ3v) is 4.86.